The summed E-state index contributed by atoms with van der Waals surface area (Å²) >= 11 is 0. The van der Waals surface area contributed by atoms with E-state index in [-0.39, 0.29) is 30.5 Å². The van der Waals surface area contributed by atoms with E-state index in [1.54, 1.807) is 34.6 Å². The zero-order chi connectivity index (χ0) is 23.1. The molecule has 1 saturated heterocycles. The van der Waals surface area contributed by atoms with Crippen molar-refractivity contribution in [2.45, 2.75) is 71.1 Å². The Kier molecular flexibility index (Phi) is 6.26. The molecule has 1 aromatic rings. The molecule has 1 aromatic carbocycles. The van der Waals surface area contributed by atoms with Gasteiger partial charge in [0, 0.05) is 25.6 Å². The van der Waals surface area contributed by atoms with E-state index >= 15 is 0 Å². The highest BCUT2D eigenvalue weighted by Crippen LogP contribution is 2.42. The first-order valence-electron chi connectivity index (χ1n) is 10.8. The minimum atomic E-state index is -1.20. The molecule has 170 valence electrons. The van der Waals surface area contributed by atoms with Gasteiger partial charge in [0.1, 0.15) is 17.0 Å². The van der Waals surface area contributed by atoms with Gasteiger partial charge in [-0.2, -0.15) is 0 Å². The van der Waals surface area contributed by atoms with Crippen LogP contribution in [0.4, 0.5) is 14.9 Å². The third kappa shape index (κ3) is 4.36. The van der Waals surface area contributed by atoms with Gasteiger partial charge in [0.05, 0.1) is 11.4 Å². The number of anilines is 1. The normalized spacial score (nSPS) is 24.7. The van der Waals surface area contributed by atoms with Crippen molar-refractivity contribution in [2.75, 3.05) is 24.5 Å². The molecule has 1 aliphatic heterocycles. The summed E-state index contributed by atoms with van der Waals surface area (Å²) in [6.07, 6.45) is 1.14. The molecule has 0 bridgehead atoms. The number of carbonyl (C=O) groups is 2. The second-order valence-electron chi connectivity index (χ2n) is 9.58. The molecule has 1 aliphatic carbocycles. The molecule has 1 heterocycles. The van der Waals surface area contributed by atoms with Crippen LogP contribution >= 0.6 is 0 Å². The molecule has 0 aromatic heterocycles. The number of benzene rings is 1. The van der Waals surface area contributed by atoms with Crippen LogP contribution in [0.5, 0.6) is 0 Å². The van der Waals surface area contributed by atoms with Gasteiger partial charge in [-0.05, 0) is 77.3 Å². The first-order valence-corrected chi connectivity index (χ1v) is 10.8. The lowest BCUT2D eigenvalue weighted by molar-refractivity contribution is -0.125. The first kappa shape index (κ1) is 23.3. The highest BCUT2D eigenvalue weighted by molar-refractivity contribution is 6.43. The summed E-state index contributed by atoms with van der Waals surface area (Å²) in [6.45, 7) is 10.2. The van der Waals surface area contributed by atoms with E-state index in [1.807, 2.05) is 4.90 Å². The number of rotatable bonds is 3. The number of hydrogen-bond donors (Lipinski definition) is 2. The van der Waals surface area contributed by atoms with Crippen LogP contribution in [0, 0.1) is 11.2 Å². The van der Waals surface area contributed by atoms with E-state index in [0.29, 0.717) is 29.9 Å². The van der Waals surface area contributed by atoms with Crippen molar-refractivity contribution in [3.8, 4) is 0 Å². The molecule has 0 saturated carbocycles. The number of nitrogens with two attached hydrogens (primary N) is 1. The van der Waals surface area contributed by atoms with Gasteiger partial charge in [-0.15, -0.1) is 0 Å². The largest absolute Gasteiger partial charge is 0.443 e. The number of halogens is 1. The average Bonchev–Trinajstić information content (AvgIpc) is 2.66. The Bertz CT molecular complexity index is 911. The number of likely N-dealkylation sites (tertiary alicyclic amines) is 1. The number of hydrogen-bond acceptors (Lipinski definition) is 6. The predicted molar refractivity (Wildman–Crippen MR) is 118 cm³/mol. The SMILES string of the molecule is CCN(C(=O)OC(C)(C)C)c1cc(F)cc2c1CC(=N)C(=O)C2(C)N1CCC[C@H](N)C1. The molecule has 3 N–H and O–H groups in total. The van der Waals surface area contributed by atoms with Crippen molar-refractivity contribution in [3.05, 3.63) is 29.1 Å². The Balaban J connectivity index is 2.16. The fourth-order valence-corrected chi connectivity index (χ4v) is 4.60. The van der Waals surface area contributed by atoms with E-state index in [1.165, 1.54) is 17.0 Å². The van der Waals surface area contributed by atoms with Crippen molar-refractivity contribution in [1.82, 2.24) is 4.90 Å². The molecule has 7 nitrogen and oxygen atoms in total. The van der Waals surface area contributed by atoms with Crippen molar-refractivity contribution in [2.24, 2.45) is 5.73 Å². The lowest BCUT2D eigenvalue weighted by Crippen LogP contribution is -2.59. The Morgan fingerprint density at radius 1 is 1.42 bits per heavy atom. The van der Waals surface area contributed by atoms with Crippen molar-refractivity contribution < 1.29 is 18.7 Å². The maximum Gasteiger partial charge on any atom is 0.414 e. The predicted octanol–water partition coefficient (Wildman–Crippen LogP) is 3.37. The third-order valence-electron chi connectivity index (χ3n) is 6.10. The average molecular weight is 433 g/mol. The Labute approximate surface area is 183 Å². The number of piperidine rings is 1. The number of carbonyl (C=O) groups excluding carboxylic acids is 2. The summed E-state index contributed by atoms with van der Waals surface area (Å²) in [5, 5.41) is 8.41. The highest BCUT2D eigenvalue weighted by Gasteiger charge is 2.49. The fourth-order valence-electron chi connectivity index (χ4n) is 4.60. The van der Waals surface area contributed by atoms with Crippen LogP contribution in [0.1, 0.15) is 58.6 Å². The fraction of sp³-hybridized carbons (Fsp3) is 0.609. The molecule has 0 radical (unpaired) electrons. The molecule has 1 unspecified atom stereocenters. The summed E-state index contributed by atoms with van der Waals surface area (Å²) in [4.78, 5) is 29.5. The van der Waals surface area contributed by atoms with Gasteiger partial charge in [-0.3, -0.25) is 14.6 Å². The van der Waals surface area contributed by atoms with Crippen LogP contribution in [0.2, 0.25) is 0 Å². The smallest absolute Gasteiger partial charge is 0.414 e. The van der Waals surface area contributed by atoms with Crippen LogP contribution < -0.4 is 10.6 Å². The van der Waals surface area contributed by atoms with Gasteiger partial charge in [0.25, 0.3) is 0 Å². The molecule has 2 atom stereocenters. The Hall–Kier alpha value is -2.32. The first-order chi connectivity index (χ1) is 14.4. The zero-order valence-corrected chi connectivity index (χ0v) is 19.0. The van der Waals surface area contributed by atoms with E-state index < -0.39 is 23.1 Å². The molecule has 2 aliphatic rings. The quantitative estimate of drug-likeness (QED) is 0.763. The summed E-state index contributed by atoms with van der Waals surface area (Å²) < 4.78 is 20.4. The van der Waals surface area contributed by atoms with Gasteiger partial charge < -0.3 is 15.9 Å². The number of ether oxygens (including phenoxy) is 1. The lowest BCUT2D eigenvalue weighted by atomic mass is 9.73. The van der Waals surface area contributed by atoms with E-state index in [9.17, 15) is 14.0 Å². The number of nitrogens with zero attached hydrogens (tertiary/aromatic N) is 2. The topological polar surface area (TPSA) is 99.7 Å². The maximum absolute atomic E-state index is 14.9. The van der Waals surface area contributed by atoms with Crippen molar-refractivity contribution in [3.63, 3.8) is 0 Å². The molecule has 8 heteroatoms. The van der Waals surface area contributed by atoms with Crippen molar-refractivity contribution >= 4 is 23.3 Å². The van der Waals surface area contributed by atoms with Crippen LogP contribution in [-0.2, 0) is 21.5 Å². The second-order valence-corrected chi connectivity index (χ2v) is 9.58. The van der Waals surface area contributed by atoms with Gasteiger partial charge >= 0.3 is 6.09 Å². The van der Waals surface area contributed by atoms with Crippen LogP contribution in [0.3, 0.4) is 0 Å². The summed E-state index contributed by atoms with van der Waals surface area (Å²) in [7, 11) is 0. The van der Waals surface area contributed by atoms with Gasteiger partial charge in [0.15, 0.2) is 0 Å². The number of amides is 1. The standard InChI is InChI=1S/C23H33FN4O3/c1-6-28(21(30)31-22(2,3)4)19-11-14(24)10-17-16(19)12-18(26)20(29)23(17,5)27-9-7-8-15(25)13-27/h10-11,15,26H,6-9,12-13,25H2,1-5H3/t15-,23?/m0/s1. The molecule has 31 heavy (non-hydrogen) atoms. The number of ketones is 1. The van der Waals surface area contributed by atoms with E-state index in [0.717, 1.165) is 12.8 Å². The van der Waals surface area contributed by atoms with E-state index in [4.69, 9.17) is 15.9 Å². The molecule has 0 spiro atoms. The molecule has 1 amide bonds. The monoisotopic (exact) mass is 432 g/mol. The number of nitrogens with one attached hydrogen (secondary N) is 1. The number of Topliss-reactive ketones (excluding diaryl/α,β-unsaturated/α-hetero) is 1. The zero-order valence-electron chi connectivity index (χ0n) is 19.0. The van der Waals surface area contributed by atoms with Crippen LogP contribution in [0.25, 0.3) is 0 Å². The summed E-state index contributed by atoms with van der Waals surface area (Å²) in [5.74, 6) is -0.879. The van der Waals surface area contributed by atoms with Gasteiger partial charge in [-0.1, -0.05) is 0 Å². The third-order valence-corrected chi connectivity index (χ3v) is 6.10. The maximum atomic E-state index is 14.9. The molecular weight excluding hydrogens is 399 g/mol. The number of fused-ring (bicyclic) bond motifs is 1. The van der Waals surface area contributed by atoms with Gasteiger partial charge in [0.2, 0.25) is 5.78 Å². The molecule has 1 fully saturated rings. The second kappa shape index (κ2) is 8.31. The van der Waals surface area contributed by atoms with Crippen LogP contribution in [0.15, 0.2) is 12.1 Å². The Morgan fingerprint density at radius 3 is 2.68 bits per heavy atom. The van der Waals surface area contributed by atoms with Crippen LogP contribution in [-0.4, -0.2) is 53.8 Å². The minimum absolute atomic E-state index is 0.0402. The minimum Gasteiger partial charge on any atom is -0.443 e. The van der Waals surface area contributed by atoms with Gasteiger partial charge in [-0.25, -0.2) is 9.18 Å². The summed E-state index contributed by atoms with van der Waals surface area (Å²) in [5.41, 5.74) is 5.66. The van der Waals surface area contributed by atoms with E-state index in [2.05, 4.69) is 0 Å². The Morgan fingerprint density at radius 2 is 2.10 bits per heavy atom. The highest BCUT2D eigenvalue weighted by atomic mass is 19.1. The lowest BCUT2D eigenvalue weighted by Gasteiger charge is -2.47. The molecular formula is C23H33FN4O3. The molecule has 3 rings (SSSR count). The summed E-state index contributed by atoms with van der Waals surface area (Å²) in [6, 6.07) is 2.57. The van der Waals surface area contributed by atoms with Crippen molar-refractivity contribution in [1.29, 1.82) is 5.41 Å².